The number of carbonyl (C=O) groups excluding carboxylic acids is 1. The third-order valence-corrected chi connectivity index (χ3v) is 5.15. The summed E-state index contributed by atoms with van der Waals surface area (Å²) in [6.07, 6.45) is 0. The van der Waals surface area contributed by atoms with Gasteiger partial charge in [0.25, 0.3) is 5.91 Å². The van der Waals surface area contributed by atoms with Crippen LogP contribution in [0.5, 0.6) is 5.75 Å². The first-order chi connectivity index (χ1) is 13.7. The summed E-state index contributed by atoms with van der Waals surface area (Å²) in [7, 11) is 1.64. The van der Waals surface area contributed by atoms with Gasteiger partial charge in [0, 0.05) is 10.9 Å². The van der Waals surface area contributed by atoms with Gasteiger partial charge in [-0.2, -0.15) is 0 Å². The Morgan fingerprint density at radius 1 is 0.929 bits per heavy atom. The van der Waals surface area contributed by atoms with Crippen molar-refractivity contribution in [2.24, 2.45) is 0 Å². The Hall–Kier alpha value is -3.66. The number of methoxy groups -OCH3 is 1. The zero-order chi connectivity index (χ0) is 19.1. The summed E-state index contributed by atoms with van der Waals surface area (Å²) in [6, 6.07) is 25.6. The molecule has 1 aliphatic heterocycles. The molecule has 28 heavy (non-hydrogen) atoms. The minimum absolute atomic E-state index is 0.0206. The number of pyridine rings is 1. The average Bonchev–Trinajstić information content (AvgIpc) is 3.02. The first-order valence-corrected chi connectivity index (χ1v) is 9.18. The van der Waals surface area contributed by atoms with E-state index in [1.165, 1.54) is 0 Å². The second kappa shape index (κ2) is 6.50. The van der Waals surface area contributed by atoms with Crippen LogP contribution in [0.1, 0.15) is 15.9 Å². The monoisotopic (exact) mass is 366 g/mol. The van der Waals surface area contributed by atoms with Crippen molar-refractivity contribution in [3.63, 3.8) is 0 Å². The van der Waals surface area contributed by atoms with E-state index in [2.05, 4.69) is 0 Å². The fourth-order valence-electron chi connectivity index (χ4n) is 3.75. The van der Waals surface area contributed by atoms with Crippen molar-refractivity contribution in [1.29, 1.82) is 0 Å². The highest BCUT2D eigenvalue weighted by molar-refractivity contribution is 6.24. The number of hydrogen-bond donors (Lipinski definition) is 0. The Bertz CT molecular complexity index is 1180. The number of hydrogen-bond acceptors (Lipinski definition) is 3. The number of rotatable bonds is 4. The lowest BCUT2D eigenvalue weighted by Crippen LogP contribution is -2.26. The van der Waals surface area contributed by atoms with Crippen molar-refractivity contribution in [2.75, 3.05) is 12.0 Å². The molecule has 0 saturated carbocycles. The van der Waals surface area contributed by atoms with Crippen molar-refractivity contribution in [1.82, 2.24) is 4.98 Å². The third-order valence-electron chi connectivity index (χ3n) is 5.15. The van der Waals surface area contributed by atoms with Gasteiger partial charge in [-0.3, -0.25) is 4.79 Å². The largest absolute Gasteiger partial charge is 0.497 e. The maximum Gasteiger partial charge on any atom is 0.259 e. The van der Waals surface area contributed by atoms with E-state index in [0.29, 0.717) is 12.1 Å². The van der Waals surface area contributed by atoms with Crippen LogP contribution >= 0.6 is 0 Å². The van der Waals surface area contributed by atoms with Crippen LogP contribution in [0.2, 0.25) is 0 Å². The van der Waals surface area contributed by atoms with Crippen LogP contribution in [-0.4, -0.2) is 18.0 Å². The van der Waals surface area contributed by atoms with Gasteiger partial charge in [-0.15, -0.1) is 0 Å². The van der Waals surface area contributed by atoms with Crippen LogP contribution in [0.4, 0.5) is 5.69 Å². The van der Waals surface area contributed by atoms with Crippen LogP contribution in [0.3, 0.4) is 0 Å². The lowest BCUT2D eigenvalue weighted by atomic mass is 10.0. The van der Waals surface area contributed by atoms with Crippen LogP contribution in [0.25, 0.3) is 22.2 Å². The van der Waals surface area contributed by atoms with Crippen molar-refractivity contribution in [3.05, 3.63) is 90.0 Å². The summed E-state index contributed by atoms with van der Waals surface area (Å²) in [5.74, 6) is 0.814. The van der Waals surface area contributed by atoms with E-state index < -0.39 is 0 Å². The Morgan fingerprint density at radius 3 is 2.46 bits per heavy atom. The van der Waals surface area contributed by atoms with Gasteiger partial charge < -0.3 is 9.64 Å². The highest BCUT2D eigenvalue weighted by Gasteiger charge is 2.31. The van der Waals surface area contributed by atoms with Gasteiger partial charge in [-0.25, -0.2) is 4.98 Å². The van der Waals surface area contributed by atoms with Crippen LogP contribution in [-0.2, 0) is 6.54 Å². The molecule has 3 aromatic carbocycles. The minimum atomic E-state index is 0.0206. The summed E-state index contributed by atoms with van der Waals surface area (Å²) in [5.41, 5.74) is 5.32. The zero-order valence-electron chi connectivity index (χ0n) is 15.4. The Balaban J connectivity index is 1.60. The number of benzene rings is 3. The van der Waals surface area contributed by atoms with Gasteiger partial charge >= 0.3 is 0 Å². The van der Waals surface area contributed by atoms with E-state index in [0.717, 1.165) is 39.2 Å². The molecule has 0 radical (unpaired) electrons. The molecule has 0 spiro atoms. The van der Waals surface area contributed by atoms with Crippen molar-refractivity contribution < 1.29 is 9.53 Å². The maximum absolute atomic E-state index is 13.2. The van der Waals surface area contributed by atoms with E-state index in [4.69, 9.17) is 9.72 Å². The first kappa shape index (κ1) is 16.5. The lowest BCUT2D eigenvalue weighted by molar-refractivity contribution is 0.0991. The lowest BCUT2D eigenvalue weighted by Gasteiger charge is -2.17. The Kier molecular flexibility index (Phi) is 3.83. The standard InChI is InChI=1S/C24H18N2O2/c1-28-18-12-10-17(11-13-18)21-14-19-23-20(25-21)8-5-9-22(23)26(24(19)27)15-16-6-3-2-4-7-16/h2-14H,15H2,1H3. The molecule has 0 aliphatic carbocycles. The molecule has 1 amide bonds. The van der Waals surface area contributed by atoms with Gasteiger partial charge in [-0.05, 0) is 48.0 Å². The summed E-state index contributed by atoms with van der Waals surface area (Å²) in [6.45, 7) is 0.547. The molecule has 1 aliphatic rings. The average molecular weight is 366 g/mol. The third kappa shape index (κ3) is 2.62. The molecule has 0 bridgehead atoms. The van der Waals surface area contributed by atoms with Crippen LogP contribution in [0.15, 0.2) is 78.9 Å². The summed E-state index contributed by atoms with van der Waals surface area (Å²) < 4.78 is 5.24. The fraction of sp³-hybridized carbons (Fsp3) is 0.0833. The van der Waals surface area contributed by atoms with E-state index in [-0.39, 0.29) is 5.91 Å². The molecule has 0 unspecified atom stereocenters. The van der Waals surface area contributed by atoms with E-state index >= 15 is 0 Å². The molecule has 0 atom stereocenters. The molecule has 4 nitrogen and oxygen atoms in total. The summed E-state index contributed by atoms with van der Waals surface area (Å²) in [5, 5.41) is 0.931. The van der Waals surface area contributed by atoms with Gasteiger partial charge in [-0.1, -0.05) is 36.4 Å². The highest BCUT2D eigenvalue weighted by Crippen LogP contribution is 2.39. The molecule has 0 saturated heterocycles. The zero-order valence-corrected chi connectivity index (χ0v) is 15.4. The predicted octanol–water partition coefficient (Wildman–Crippen LogP) is 5.07. The van der Waals surface area contributed by atoms with E-state index in [1.54, 1.807) is 7.11 Å². The van der Waals surface area contributed by atoms with Crippen LogP contribution in [0, 0.1) is 0 Å². The minimum Gasteiger partial charge on any atom is -0.497 e. The topological polar surface area (TPSA) is 42.4 Å². The number of nitrogens with zero attached hydrogens (tertiary/aromatic N) is 2. The number of carbonyl (C=O) groups is 1. The second-order valence-corrected chi connectivity index (χ2v) is 6.83. The summed E-state index contributed by atoms with van der Waals surface area (Å²) in [4.78, 5) is 19.9. The number of amides is 1. The van der Waals surface area contributed by atoms with Gasteiger partial charge in [0.15, 0.2) is 0 Å². The number of aromatic nitrogens is 1. The molecule has 4 heteroatoms. The van der Waals surface area contributed by atoms with Gasteiger partial charge in [0.2, 0.25) is 0 Å². The molecule has 0 N–H and O–H groups in total. The molecule has 2 heterocycles. The Morgan fingerprint density at radius 2 is 1.71 bits per heavy atom. The van der Waals surface area contributed by atoms with Gasteiger partial charge in [0.1, 0.15) is 5.75 Å². The first-order valence-electron chi connectivity index (χ1n) is 9.18. The fourth-order valence-corrected chi connectivity index (χ4v) is 3.75. The number of ether oxygens (including phenoxy) is 1. The molecule has 1 aromatic heterocycles. The Labute approximate surface area is 163 Å². The SMILES string of the molecule is COc1ccc(-c2cc3c4c(cccc4n2)N(Cc2ccccc2)C3=O)cc1. The van der Waals surface area contributed by atoms with E-state index in [1.807, 2.05) is 83.8 Å². The number of anilines is 1. The van der Waals surface area contributed by atoms with Crippen molar-refractivity contribution in [3.8, 4) is 17.0 Å². The quantitative estimate of drug-likeness (QED) is 0.506. The molecule has 136 valence electrons. The smallest absolute Gasteiger partial charge is 0.259 e. The highest BCUT2D eigenvalue weighted by atomic mass is 16.5. The van der Waals surface area contributed by atoms with Crippen LogP contribution < -0.4 is 9.64 Å². The van der Waals surface area contributed by atoms with Gasteiger partial charge in [0.05, 0.1) is 36.1 Å². The van der Waals surface area contributed by atoms with Crippen molar-refractivity contribution >= 4 is 22.5 Å². The second-order valence-electron chi connectivity index (χ2n) is 6.83. The maximum atomic E-state index is 13.2. The molecule has 5 rings (SSSR count). The normalized spacial score (nSPS) is 12.6. The van der Waals surface area contributed by atoms with Crippen molar-refractivity contribution in [2.45, 2.75) is 6.54 Å². The summed E-state index contributed by atoms with van der Waals surface area (Å²) >= 11 is 0. The predicted molar refractivity (Wildman–Crippen MR) is 111 cm³/mol. The molecular formula is C24H18N2O2. The van der Waals surface area contributed by atoms with E-state index in [9.17, 15) is 4.79 Å². The molecule has 4 aromatic rings. The molecule has 0 fully saturated rings. The molecular weight excluding hydrogens is 348 g/mol.